The van der Waals surface area contributed by atoms with Gasteiger partial charge in [0.15, 0.2) is 0 Å². The van der Waals surface area contributed by atoms with Crippen LogP contribution < -0.4 is 10.5 Å². The Hall–Kier alpha value is -1.68. The van der Waals surface area contributed by atoms with Crippen LogP contribution in [0.1, 0.15) is 31.0 Å². The van der Waals surface area contributed by atoms with Gasteiger partial charge in [-0.15, -0.1) is 0 Å². The van der Waals surface area contributed by atoms with E-state index in [2.05, 4.69) is 11.9 Å². The lowest BCUT2D eigenvalue weighted by atomic mass is 10.1. The van der Waals surface area contributed by atoms with E-state index in [9.17, 15) is 0 Å². The molecule has 100 valence electrons. The molecule has 0 atom stereocenters. The Labute approximate surface area is 118 Å². The number of benzene rings is 1. The van der Waals surface area contributed by atoms with Crippen LogP contribution in [-0.4, -0.2) is 16.6 Å². The van der Waals surface area contributed by atoms with E-state index in [1.807, 2.05) is 31.2 Å². The van der Waals surface area contributed by atoms with Crippen molar-refractivity contribution in [2.45, 2.75) is 26.7 Å². The quantitative estimate of drug-likeness (QED) is 0.671. The Balaban J connectivity index is 2.42. The van der Waals surface area contributed by atoms with E-state index in [4.69, 9.17) is 22.7 Å². The molecule has 0 aliphatic heterocycles. The van der Waals surface area contributed by atoms with Crippen molar-refractivity contribution in [1.82, 2.24) is 4.98 Å². The molecular weight excluding hydrogens is 256 g/mol. The number of unbranched alkanes of at least 4 members (excludes halogenated alkanes) is 1. The first kappa shape index (κ1) is 13.7. The van der Waals surface area contributed by atoms with E-state index in [0.29, 0.717) is 4.99 Å². The standard InChI is InChI=1S/C15H18N2OS/c1-3-4-7-18-11-5-6-14-12(9-11)13(15(16)19)8-10(2)17-14/h5-6,8-9H,3-4,7H2,1-2H3,(H2,16,19). The van der Waals surface area contributed by atoms with Crippen LogP contribution in [0, 0.1) is 6.92 Å². The van der Waals surface area contributed by atoms with E-state index in [1.54, 1.807) is 0 Å². The largest absolute Gasteiger partial charge is 0.494 e. The summed E-state index contributed by atoms with van der Waals surface area (Å²) in [6.07, 6.45) is 2.17. The second-order valence-electron chi connectivity index (χ2n) is 4.56. The van der Waals surface area contributed by atoms with E-state index >= 15 is 0 Å². The number of pyridine rings is 1. The van der Waals surface area contributed by atoms with Crippen molar-refractivity contribution in [3.8, 4) is 5.75 Å². The Morgan fingerprint density at radius 3 is 2.84 bits per heavy atom. The first-order valence-electron chi connectivity index (χ1n) is 6.46. The minimum absolute atomic E-state index is 0.390. The number of nitrogens with zero attached hydrogens (tertiary/aromatic N) is 1. The maximum absolute atomic E-state index is 5.78. The van der Waals surface area contributed by atoms with Gasteiger partial charge in [-0.1, -0.05) is 25.6 Å². The number of hydrogen-bond donors (Lipinski definition) is 1. The van der Waals surface area contributed by atoms with Crippen LogP contribution in [0.3, 0.4) is 0 Å². The number of rotatable bonds is 5. The van der Waals surface area contributed by atoms with Crippen LogP contribution in [0.5, 0.6) is 5.75 Å². The number of nitrogens with two attached hydrogens (primary N) is 1. The van der Waals surface area contributed by atoms with E-state index in [1.165, 1.54) is 0 Å². The lowest BCUT2D eigenvalue weighted by molar-refractivity contribution is 0.310. The fraction of sp³-hybridized carbons (Fsp3) is 0.333. The lowest BCUT2D eigenvalue weighted by Crippen LogP contribution is -2.11. The monoisotopic (exact) mass is 274 g/mol. The minimum atomic E-state index is 0.390. The number of fused-ring (bicyclic) bond motifs is 1. The van der Waals surface area contributed by atoms with Gasteiger partial charge in [0.05, 0.1) is 12.1 Å². The number of aromatic nitrogens is 1. The Kier molecular flexibility index (Phi) is 4.32. The van der Waals surface area contributed by atoms with Crippen LogP contribution in [0.15, 0.2) is 24.3 Å². The third-order valence-corrected chi connectivity index (χ3v) is 3.16. The molecule has 0 aliphatic carbocycles. The maximum Gasteiger partial charge on any atom is 0.120 e. The van der Waals surface area contributed by atoms with E-state index in [0.717, 1.165) is 47.4 Å². The number of aryl methyl sites for hydroxylation is 1. The van der Waals surface area contributed by atoms with Crippen molar-refractivity contribution < 1.29 is 4.74 Å². The van der Waals surface area contributed by atoms with Crippen LogP contribution in [0.4, 0.5) is 0 Å². The third-order valence-electron chi connectivity index (χ3n) is 2.94. The van der Waals surface area contributed by atoms with Crippen LogP contribution in [0.25, 0.3) is 10.9 Å². The van der Waals surface area contributed by atoms with Gasteiger partial charge in [-0.2, -0.15) is 0 Å². The van der Waals surface area contributed by atoms with Gasteiger partial charge in [-0.3, -0.25) is 4.98 Å². The fourth-order valence-corrected chi connectivity index (χ4v) is 2.13. The molecule has 0 saturated heterocycles. The zero-order chi connectivity index (χ0) is 13.8. The summed E-state index contributed by atoms with van der Waals surface area (Å²) in [6.45, 7) is 4.80. The summed E-state index contributed by atoms with van der Waals surface area (Å²) < 4.78 is 5.71. The molecule has 0 spiro atoms. The smallest absolute Gasteiger partial charge is 0.120 e. The zero-order valence-electron chi connectivity index (χ0n) is 11.3. The molecule has 0 bridgehead atoms. The molecule has 0 amide bonds. The topological polar surface area (TPSA) is 48.1 Å². The van der Waals surface area contributed by atoms with Gasteiger partial charge in [-0.25, -0.2) is 0 Å². The zero-order valence-corrected chi connectivity index (χ0v) is 12.1. The first-order valence-corrected chi connectivity index (χ1v) is 6.86. The Morgan fingerprint density at radius 2 is 2.16 bits per heavy atom. The van der Waals surface area contributed by atoms with Gasteiger partial charge in [0, 0.05) is 16.6 Å². The highest BCUT2D eigenvalue weighted by atomic mass is 32.1. The van der Waals surface area contributed by atoms with Crippen molar-refractivity contribution in [2.75, 3.05) is 6.61 Å². The first-order chi connectivity index (χ1) is 9.11. The van der Waals surface area contributed by atoms with Crippen molar-refractivity contribution in [1.29, 1.82) is 0 Å². The molecule has 0 radical (unpaired) electrons. The van der Waals surface area contributed by atoms with Gasteiger partial charge in [0.1, 0.15) is 10.7 Å². The van der Waals surface area contributed by atoms with Crippen LogP contribution in [-0.2, 0) is 0 Å². The van der Waals surface area contributed by atoms with Crippen molar-refractivity contribution in [3.63, 3.8) is 0 Å². The molecule has 19 heavy (non-hydrogen) atoms. The molecule has 1 aromatic carbocycles. The normalized spacial score (nSPS) is 10.6. The van der Waals surface area contributed by atoms with Crippen molar-refractivity contribution in [2.24, 2.45) is 5.73 Å². The molecule has 0 fully saturated rings. The van der Waals surface area contributed by atoms with Crippen LogP contribution in [0.2, 0.25) is 0 Å². The number of ether oxygens (including phenoxy) is 1. The van der Waals surface area contributed by atoms with Gasteiger partial charge in [-0.05, 0) is 37.6 Å². The summed E-state index contributed by atoms with van der Waals surface area (Å²) in [5, 5.41) is 0.951. The van der Waals surface area contributed by atoms with Gasteiger partial charge in [0.25, 0.3) is 0 Å². The molecule has 4 heteroatoms. The lowest BCUT2D eigenvalue weighted by Gasteiger charge is -2.10. The maximum atomic E-state index is 5.78. The summed E-state index contributed by atoms with van der Waals surface area (Å²) >= 11 is 5.11. The van der Waals surface area contributed by atoms with Crippen molar-refractivity contribution >= 4 is 28.1 Å². The van der Waals surface area contributed by atoms with Crippen molar-refractivity contribution in [3.05, 3.63) is 35.5 Å². The van der Waals surface area contributed by atoms with E-state index in [-0.39, 0.29) is 0 Å². The molecule has 3 nitrogen and oxygen atoms in total. The highest BCUT2D eigenvalue weighted by Crippen LogP contribution is 2.24. The molecule has 2 rings (SSSR count). The highest BCUT2D eigenvalue weighted by Gasteiger charge is 2.07. The summed E-state index contributed by atoms with van der Waals surface area (Å²) in [7, 11) is 0. The Morgan fingerprint density at radius 1 is 1.37 bits per heavy atom. The third kappa shape index (κ3) is 3.20. The number of hydrogen-bond acceptors (Lipinski definition) is 3. The highest BCUT2D eigenvalue weighted by molar-refractivity contribution is 7.80. The molecule has 0 saturated carbocycles. The predicted octanol–water partition coefficient (Wildman–Crippen LogP) is 3.36. The SMILES string of the molecule is CCCCOc1ccc2nc(C)cc(C(N)=S)c2c1. The molecule has 0 unspecified atom stereocenters. The molecule has 1 aromatic heterocycles. The average Bonchev–Trinajstić information content (AvgIpc) is 2.38. The van der Waals surface area contributed by atoms with Gasteiger partial charge >= 0.3 is 0 Å². The number of thiocarbonyl (C=S) groups is 1. The average molecular weight is 274 g/mol. The molecule has 2 aromatic rings. The predicted molar refractivity (Wildman–Crippen MR) is 82.8 cm³/mol. The fourth-order valence-electron chi connectivity index (χ4n) is 1.97. The minimum Gasteiger partial charge on any atom is -0.494 e. The molecule has 0 aliphatic rings. The Bertz CT molecular complexity index is 610. The molecule has 1 heterocycles. The molecular formula is C15H18N2OS. The summed E-state index contributed by atoms with van der Waals surface area (Å²) in [5.41, 5.74) is 8.45. The van der Waals surface area contributed by atoms with Crippen LogP contribution >= 0.6 is 12.2 Å². The summed E-state index contributed by atoms with van der Waals surface area (Å²) in [4.78, 5) is 4.88. The summed E-state index contributed by atoms with van der Waals surface area (Å²) in [5.74, 6) is 0.837. The summed E-state index contributed by atoms with van der Waals surface area (Å²) in [6, 6.07) is 7.77. The molecule has 2 N–H and O–H groups in total. The second-order valence-corrected chi connectivity index (χ2v) is 5.00. The van der Waals surface area contributed by atoms with Gasteiger partial charge < -0.3 is 10.5 Å². The van der Waals surface area contributed by atoms with Gasteiger partial charge in [0.2, 0.25) is 0 Å². The van der Waals surface area contributed by atoms with E-state index < -0.39 is 0 Å². The second kappa shape index (κ2) is 5.97.